The molecule has 0 spiro atoms. The van der Waals surface area contributed by atoms with Crippen molar-refractivity contribution in [2.45, 2.75) is 17.9 Å². The molecule has 6 heteroatoms. The first-order chi connectivity index (χ1) is 9.92. The SMILES string of the molecule is CCS(=O)(=O)c1ccc(N2CCO[C@@H](CN(C)C)C2)cc1. The summed E-state index contributed by atoms with van der Waals surface area (Å²) in [5.41, 5.74) is 1.05. The molecule has 1 atom stereocenters. The first-order valence-corrected chi connectivity index (χ1v) is 8.91. The van der Waals surface area contributed by atoms with Crippen LogP contribution in [0, 0.1) is 0 Å². The summed E-state index contributed by atoms with van der Waals surface area (Å²) < 4.78 is 29.4. The number of anilines is 1. The summed E-state index contributed by atoms with van der Waals surface area (Å²) in [7, 11) is 0.947. The largest absolute Gasteiger partial charge is 0.373 e. The van der Waals surface area contributed by atoms with Crippen LogP contribution in [0.25, 0.3) is 0 Å². The van der Waals surface area contributed by atoms with E-state index in [0.29, 0.717) is 11.5 Å². The number of likely N-dealkylation sites (N-methyl/N-ethyl adjacent to an activating group) is 1. The van der Waals surface area contributed by atoms with Gasteiger partial charge in [0.1, 0.15) is 0 Å². The molecule has 0 unspecified atom stereocenters. The van der Waals surface area contributed by atoms with Crippen LogP contribution in [0.1, 0.15) is 6.92 Å². The Bertz CT molecular complexity index is 555. The molecule has 1 aliphatic heterocycles. The quantitative estimate of drug-likeness (QED) is 0.819. The lowest BCUT2D eigenvalue weighted by molar-refractivity contribution is 0.0248. The van der Waals surface area contributed by atoms with Crippen molar-refractivity contribution in [3.8, 4) is 0 Å². The third kappa shape index (κ3) is 4.18. The van der Waals surface area contributed by atoms with Crippen LogP contribution in [-0.2, 0) is 14.6 Å². The van der Waals surface area contributed by atoms with E-state index in [0.717, 1.165) is 25.3 Å². The summed E-state index contributed by atoms with van der Waals surface area (Å²) in [5, 5.41) is 0. The second-order valence-electron chi connectivity index (χ2n) is 5.60. The molecule has 0 amide bonds. The highest BCUT2D eigenvalue weighted by molar-refractivity contribution is 7.91. The van der Waals surface area contributed by atoms with Crippen LogP contribution in [0.3, 0.4) is 0 Å². The predicted octanol–water partition coefficient (Wildman–Crippen LogP) is 1.25. The van der Waals surface area contributed by atoms with E-state index in [1.807, 2.05) is 26.2 Å². The average Bonchev–Trinajstić information content (AvgIpc) is 2.47. The summed E-state index contributed by atoms with van der Waals surface area (Å²) >= 11 is 0. The van der Waals surface area contributed by atoms with E-state index in [1.54, 1.807) is 19.1 Å². The Morgan fingerprint density at radius 1 is 1.29 bits per heavy atom. The van der Waals surface area contributed by atoms with Gasteiger partial charge in [0.15, 0.2) is 9.84 Å². The fourth-order valence-corrected chi connectivity index (χ4v) is 3.39. The van der Waals surface area contributed by atoms with Crippen LogP contribution >= 0.6 is 0 Å². The van der Waals surface area contributed by atoms with E-state index in [2.05, 4.69) is 9.80 Å². The zero-order valence-electron chi connectivity index (χ0n) is 12.9. The normalized spacial score (nSPS) is 20.0. The number of benzene rings is 1. The van der Waals surface area contributed by atoms with Crippen molar-refractivity contribution in [2.24, 2.45) is 0 Å². The van der Waals surface area contributed by atoms with Crippen LogP contribution in [0.15, 0.2) is 29.2 Å². The molecule has 0 radical (unpaired) electrons. The molecule has 1 aromatic carbocycles. The number of ether oxygens (including phenoxy) is 1. The molecule has 1 aliphatic rings. The maximum Gasteiger partial charge on any atom is 0.178 e. The molecule has 1 fully saturated rings. The number of sulfone groups is 1. The summed E-state index contributed by atoms with van der Waals surface area (Å²) in [6.45, 7) is 4.92. The van der Waals surface area contributed by atoms with Crippen LogP contribution < -0.4 is 4.90 Å². The van der Waals surface area contributed by atoms with Gasteiger partial charge in [-0.1, -0.05) is 6.92 Å². The average molecular weight is 312 g/mol. The summed E-state index contributed by atoms with van der Waals surface area (Å²) in [5.74, 6) is 0.134. The molecule has 1 aromatic rings. The summed E-state index contributed by atoms with van der Waals surface area (Å²) in [4.78, 5) is 4.76. The van der Waals surface area contributed by atoms with Crippen LogP contribution in [-0.4, -0.2) is 65.5 Å². The minimum atomic E-state index is -3.12. The molecule has 0 aliphatic carbocycles. The van der Waals surface area contributed by atoms with Crippen molar-refractivity contribution in [2.75, 3.05) is 51.0 Å². The number of hydrogen-bond acceptors (Lipinski definition) is 5. The van der Waals surface area contributed by atoms with Crippen LogP contribution in [0.2, 0.25) is 0 Å². The Kier molecular flexibility index (Phi) is 5.24. The van der Waals surface area contributed by atoms with Crippen molar-refractivity contribution >= 4 is 15.5 Å². The first kappa shape index (κ1) is 16.3. The van der Waals surface area contributed by atoms with Gasteiger partial charge in [-0.25, -0.2) is 8.42 Å². The Morgan fingerprint density at radius 3 is 2.52 bits per heavy atom. The molecule has 0 bridgehead atoms. The number of morpholine rings is 1. The zero-order chi connectivity index (χ0) is 15.5. The number of nitrogens with zero attached hydrogens (tertiary/aromatic N) is 2. The maximum absolute atomic E-state index is 11.8. The number of rotatable bonds is 5. The van der Waals surface area contributed by atoms with E-state index in [1.165, 1.54) is 0 Å². The Hall–Kier alpha value is -1.11. The Morgan fingerprint density at radius 2 is 1.95 bits per heavy atom. The molecule has 0 N–H and O–H groups in total. The second kappa shape index (κ2) is 6.77. The van der Waals surface area contributed by atoms with Crippen molar-refractivity contribution < 1.29 is 13.2 Å². The van der Waals surface area contributed by atoms with Gasteiger partial charge in [-0.15, -0.1) is 0 Å². The molecule has 5 nitrogen and oxygen atoms in total. The second-order valence-corrected chi connectivity index (χ2v) is 7.88. The zero-order valence-corrected chi connectivity index (χ0v) is 13.8. The topological polar surface area (TPSA) is 49.9 Å². The van der Waals surface area contributed by atoms with E-state index in [9.17, 15) is 8.42 Å². The van der Waals surface area contributed by atoms with Gasteiger partial charge in [0.2, 0.25) is 0 Å². The molecular weight excluding hydrogens is 288 g/mol. The lowest BCUT2D eigenvalue weighted by Gasteiger charge is -2.35. The predicted molar refractivity (Wildman–Crippen MR) is 84.7 cm³/mol. The molecular formula is C15H24N2O3S. The highest BCUT2D eigenvalue weighted by Gasteiger charge is 2.21. The van der Waals surface area contributed by atoms with Crippen LogP contribution in [0.5, 0.6) is 0 Å². The maximum atomic E-state index is 11.8. The molecule has 21 heavy (non-hydrogen) atoms. The van der Waals surface area contributed by atoms with E-state index in [4.69, 9.17) is 4.74 Å². The van der Waals surface area contributed by atoms with Gasteiger partial charge in [-0.3, -0.25) is 0 Å². The van der Waals surface area contributed by atoms with Crippen molar-refractivity contribution in [3.05, 3.63) is 24.3 Å². The molecule has 0 aromatic heterocycles. The fourth-order valence-electron chi connectivity index (χ4n) is 2.50. The minimum absolute atomic E-state index is 0.134. The van der Waals surface area contributed by atoms with Gasteiger partial charge in [0.05, 0.1) is 23.4 Å². The fraction of sp³-hybridized carbons (Fsp3) is 0.600. The summed E-state index contributed by atoms with van der Waals surface area (Å²) in [6.07, 6.45) is 0.188. The molecule has 1 saturated heterocycles. The smallest absolute Gasteiger partial charge is 0.178 e. The van der Waals surface area contributed by atoms with Crippen LogP contribution in [0.4, 0.5) is 5.69 Å². The van der Waals surface area contributed by atoms with Gasteiger partial charge in [0, 0.05) is 25.3 Å². The molecule has 1 heterocycles. The highest BCUT2D eigenvalue weighted by atomic mass is 32.2. The first-order valence-electron chi connectivity index (χ1n) is 7.26. The molecule has 0 saturated carbocycles. The Labute approximate surface area is 127 Å². The van der Waals surface area contributed by atoms with Gasteiger partial charge >= 0.3 is 0 Å². The lowest BCUT2D eigenvalue weighted by atomic mass is 10.2. The van der Waals surface area contributed by atoms with Gasteiger partial charge in [-0.05, 0) is 38.4 Å². The van der Waals surface area contributed by atoms with E-state index < -0.39 is 9.84 Å². The Balaban J connectivity index is 2.08. The van der Waals surface area contributed by atoms with E-state index in [-0.39, 0.29) is 11.9 Å². The third-order valence-corrected chi connectivity index (χ3v) is 5.40. The van der Waals surface area contributed by atoms with E-state index >= 15 is 0 Å². The van der Waals surface area contributed by atoms with Gasteiger partial charge in [-0.2, -0.15) is 0 Å². The van der Waals surface area contributed by atoms with Gasteiger partial charge in [0.25, 0.3) is 0 Å². The lowest BCUT2D eigenvalue weighted by Crippen LogP contribution is -2.46. The summed E-state index contributed by atoms with van der Waals surface area (Å²) in [6, 6.07) is 7.18. The van der Waals surface area contributed by atoms with Gasteiger partial charge < -0.3 is 14.5 Å². The standard InChI is InChI=1S/C15H24N2O3S/c1-4-21(18,19)15-7-5-13(6-8-15)17-9-10-20-14(12-17)11-16(2)3/h5-8,14H,4,9-12H2,1-3H3/t14-/m0/s1. The minimum Gasteiger partial charge on any atom is -0.373 e. The van der Waals surface area contributed by atoms with Crippen molar-refractivity contribution in [3.63, 3.8) is 0 Å². The molecule has 118 valence electrons. The monoisotopic (exact) mass is 312 g/mol. The highest BCUT2D eigenvalue weighted by Crippen LogP contribution is 2.21. The number of hydrogen-bond donors (Lipinski definition) is 0. The van der Waals surface area contributed by atoms with Crippen molar-refractivity contribution in [1.82, 2.24) is 4.90 Å². The third-order valence-electron chi connectivity index (χ3n) is 3.65. The molecule has 2 rings (SSSR count). The van der Waals surface area contributed by atoms with Crippen molar-refractivity contribution in [1.29, 1.82) is 0 Å².